The Labute approximate surface area is 270 Å². The Kier molecular flexibility index (Phi) is 10.6. The molecule has 3 saturated carbocycles. The summed E-state index contributed by atoms with van der Waals surface area (Å²) >= 11 is 1.22. The molecular weight excluding hydrogens is 598 g/mol. The summed E-state index contributed by atoms with van der Waals surface area (Å²) in [5.41, 5.74) is -0.677. The van der Waals surface area contributed by atoms with Gasteiger partial charge in [-0.1, -0.05) is 34.1 Å². The van der Waals surface area contributed by atoms with Crippen LogP contribution >= 0.6 is 11.3 Å². The molecule has 13 heteroatoms. The van der Waals surface area contributed by atoms with Gasteiger partial charge in [-0.05, 0) is 57.5 Å². The Balaban J connectivity index is 1.44. The fourth-order valence-corrected chi connectivity index (χ4v) is 8.09. The number of thiazole rings is 1. The monoisotopic (exact) mass is 647 g/mol. The van der Waals surface area contributed by atoms with Crippen molar-refractivity contribution < 1.29 is 33.4 Å². The van der Waals surface area contributed by atoms with E-state index < -0.39 is 29.1 Å². The third kappa shape index (κ3) is 7.34. The molecule has 4 atom stereocenters. The first-order chi connectivity index (χ1) is 21.1. The topological polar surface area (TPSA) is 147 Å². The Morgan fingerprint density at radius 3 is 2.33 bits per heavy atom. The lowest BCUT2D eigenvalue weighted by Gasteiger charge is -2.68. The maximum Gasteiger partial charge on any atom is 0.312 e. The maximum atomic E-state index is 13.9. The number of rotatable bonds is 13. The van der Waals surface area contributed by atoms with Crippen LogP contribution in [0.3, 0.4) is 0 Å². The number of likely N-dealkylation sites (tertiary alicyclic amines) is 1. The Morgan fingerprint density at radius 2 is 1.78 bits per heavy atom. The van der Waals surface area contributed by atoms with Crippen molar-refractivity contribution in [2.45, 2.75) is 109 Å². The van der Waals surface area contributed by atoms with Crippen molar-refractivity contribution >= 4 is 41.0 Å². The molecule has 250 valence electrons. The first-order valence-electron chi connectivity index (χ1n) is 15.9. The van der Waals surface area contributed by atoms with Gasteiger partial charge in [0, 0.05) is 37.4 Å². The fourth-order valence-electron chi connectivity index (χ4n) is 7.25. The van der Waals surface area contributed by atoms with Crippen LogP contribution in [0.25, 0.3) is 0 Å². The summed E-state index contributed by atoms with van der Waals surface area (Å²) in [5, 5.41) is 8.15. The molecule has 0 radical (unpaired) electrons. The molecule has 3 amide bonds. The van der Waals surface area contributed by atoms with Gasteiger partial charge in [0.2, 0.25) is 11.8 Å². The average Bonchev–Trinajstić information content (AvgIpc) is 3.44. The van der Waals surface area contributed by atoms with Crippen LogP contribution in [-0.2, 0) is 28.7 Å². The van der Waals surface area contributed by atoms with Crippen LogP contribution in [0, 0.1) is 17.3 Å². The zero-order valence-electron chi connectivity index (χ0n) is 27.8. The molecule has 0 aromatic carbocycles. The van der Waals surface area contributed by atoms with E-state index >= 15 is 0 Å². The number of carbonyl (C=O) groups is 5. The Morgan fingerprint density at radius 1 is 1.11 bits per heavy atom. The highest BCUT2D eigenvalue weighted by Gasteiger charge is 2.73. The number of hydrogen-bond acceptors (Lipinski definition) is 10. The predicted octanol–water partition coefficient (Wildman–Crippen LogP) is 3.07. The average molecular weight is 648 g/mol. The van der Waals surface area contributed by atoms with E-state index in [0.717, 1.165) is 25.8 Å². The van der Waals surface area contributed by atoms with Gasteiger partial charge in [-0.25, -0.2) is 4.98 Å². The van der Waals surface area contributed by atoms with Crippen LogP contribution in [0.15, 0.2) is 5.38 Å². The number of nitrogens with zero attached hydrogens (tertiary/aromatic N) is 3. The number of amides is 3. The van der Waals surface area contributed by atoms with Crippen LogP contribution in [0.5, 0.6) is 0 Å². The molecule has 4 fully saturated rings. The number of aromatic nitrogens is 1. The second kappa shape index (κ2) is 13.7. The van der Waals surface area contributed by atoms with Crippen molar-refractivity contribution in [3.63, 3.8) is 0 Å². The molecule has 1 aliphatic heterocycles. The molecule has 1 saturated heterocycles. The molecule has 0 spiro atoms. The third-order valence-electron chi connectivity index (χ3n) is 9.74. The zero-order chi connectivity index (χ0) is 33.3. The summed E-state index contributed by atoms with van der Waals surface area (Å²) < 4.78 is 10.6. The zero-order valence-corrected chi connectivity index (χ0v) is 28.6. The Hall–Kier alpha value is -3.06. The van der Waals surface area contributed by atoms with E-state index in [4.69, 9.17) is 9.47 Å². The van der Waals surface area contributed by atoms with E-state index in [0.29, 0.717) is 24.3 Å². The number of esters is 2. The third-order valence-corrected chi connectivity index (χ3v) is 10.7. The molecule has 1 unspecified atom stereocenters. The molecule has 1 aromatic heterocycles. The van der Waals surface area contributed by atoms with Crippen molar-refractivity contribution in [3.8, 4) is 0 Å². The number of nitrogens with one attached hydrogen (secondary N) is 2. The Bertz CT molecular complexity index is 1280. The van der Waals surface area contributed by atoms with Gasteiger partial charge in [0.15, 0.2) is 6.10 Å². The molecule has 2 heterocycles. The molecule has 3 aliphatic carbocycles. The smallest absolute Gasteiger partial charge is 0.312 e. The number of hydrogen-bond donors (Lipinski definition) is 2. The van der Waals surface area contributed by atoms with Crippen molar-refractivity contribution in [2.75, 3.05) is 27.7 Å². The first kappa shape index (κ1) is 34.8. The van der Waals surface area contributed by atoms with Crippen molar-refractivity contribution in [3.05, 3.63) is 16.1 Å². The molecule has 2 N–H and O–H groups in total. The number of carbonyl (C=O) groups excluding carboxylic acids is 5. The summed E-state index contributed by atoms with van der Waals surface area (Å²) in [5.74, 6) is -1.57. The summed E-state index contributed by atoms with van der Waals surface area (Å²) in [6.07, 6.45) is 3.94. The minimum Gasteiger partial charge on any atom is -0.469 e. The number of ether oxygens (including phenoxy) is 2. The van der Waals surface area contributed by atoms with Crippen molar-refractivity contribution in [1.82, 2.24) is 25.4 Å². The number of likely N-dealkylation sites (N-methyl/N-ethyl adjacent to an activating group) is 2. The highest BCUT2D eigenvalue weighted by molar-refractivity contribution is 7.09. The van der Waals surface area contributed by atoms with Gasteiger partial charge in [-0.3, -0.25) is 28.9 Å². The summed E-state index contributed by atoms with van der Waals surface area (Å²) in [4.78, 5) is 72.6. The van der Waals surface area contributed by atoms with E-state index in [1.54, 1.807) is 17.3 Å². The standard InChI is InChI=1S/C32H49N5O7S/c1-18(2)23(37(7)29(41)25(19(3)4)34-27(40)22-11-9-10-12-36(22)6)13-24(44-20(5)38)28-33-21(14-45-28)26(39)35-32-15-31(16-32,17-32)30(42)43-8/h14,18-19,22-25H,9-13,15-17H2,1-8H3,(H,34,40)(H,35,39)/t22?,23-,24-,25+,31?,32?/m1/s1. The van der Waals surface area contributed by atoms with Gasteiger partial charge >= 0.3 is 11.9 Å². The quantitative estimate of drug-likeness (QED) is 0.308. The van der Waals surface area contributed by atoms with E-state index in [-0.39, 0.29) is 59.7 Å². The van der Waals surface area contributed by atoms with Crippen molar-refractivity contribution in [2.24, 2.45) is 17.3 Å². The lowest BCUT2D eigenvalue weighted by atomic mass is 9.39. The highest BCUT2D eigenvalue weighted by atomic mass is 32.1. The molecule has 4 aliphatic rings. The summed E-state index contributed by atoms with van der Waals surface area (Å²) in [7, 11) is 5.03. The van der Waals surface area contributed by atoms with E-state index in [1.165, 1.54) is 25.4 Å². The summed E-state index contributed by atoms with van der Waals surface area (Å²) in [6, 6.07) is -1.32. The normalized spacial score (nSPS) is 26.1. The number of piperidine rings is 1. The number of methoxy groups -OCH3 is 1. The molecule has 12 nitrogen and oxygen atoms in total. The van der Waals surface area contributed by atoms with Gasteiger partial charge in [0.1, 0.15) is 16.7 Å². The van der Waals surface area contributed by atoms with Crippen molar-refractivity contribution in [1.29, 1.82) is 0 Å². The molecule has 2 bridgehead atoms. The highest BCUT2D eigenvalue weighted by Crippen LogP contribution is 2.67. The second-order valence-corrected chi connectivity index (χ2v) is 14.8. The molecular formula is C32H49N5O7S. The minimum atomic E-state index is -0.780. The van der Waals surface area contributed by atoms with Gasteiger partial charge in [-0.2, -0.15) is 0 Å². The van der Waals surface area contributed by atoms with E-state index in [1.807, 2.05) is 39.6 Å². The fraction of sp³-hybridized carbons (Fsp3) is 0.750. The molecule has 45 heavy (non-hydrogen) atoms. The minimum absolute atomic E-state index is 0.0147. The van der Waals surface area contributed by atoms with Crippen LogP contribution in [0.4, 0.5) is 0 Å². The van der Waals surface area contributed by atoms with Gasteiger partial charge in [0.25, 0.3) is 5.91 Å². The van der Waals surface area contributed by atoms with Gasteiger partial charge in [-0.15, -0.1) is 11.3 Å². The largest absolute Gasteiger partial charge is 0.469 e. The molecule has 5 rings (SSSR count). The van der Waals surface area contributed by atoms with Crippen LogP contribution in [0.1, 0.15) is 101 Å². The van der Waals surface area contributed by atoms with Gasteiger partial charge in [0.05, 0.1) is 18.6 Å². The molecule has 1 aromatic rings. The lowest BCUT2D eigenvalue weighted by Crippen LogP contribution is -2.77. The SMILES string of the molecule is COC(=O)C12CC(NC(=O)c3csc([C@@H](C[C@H](C(C)C)N(C)C(=O)[C@@H](NC(=O)C4CCCCN4C)C(C)C)OC(C)=O)n3)(C1)C2. The van der Waals surface area contributed by atoms with Crippen LogP contribution < -0.4 is 10.6 Å². The van der Waals surface area contributed by atoms with Crippen LogP contribution in [0.2, 0.25) is 0 Å². The van der Waals surface area contributed by atoms with Gasteiger partial charge < -0.3 is 25.0 Å². The van der Waals surface area contributed by atoms with E-state index in [2.05, 4.69) is 15.6 Å². The second-order valence-electron chi connectivity index (χ2n) is 13.9. The summed E-state index contributed by atoms with van der Waals surface area (Å²) in [6.45, 7) is 9.98. The lowest BCUT2D eigenvalue weighted by molar-refractivity contribution is -0.199. The van der Waals surface area contributed by atoms with E-state index in [9.17, 15) is 24.0 Å². The van der Waals surface area contributed by atoms with Crippen LogP contribution in [-0.4, -0.2) is 95.9 Å². The maximum absolute atomic E-state index is 13.9. The first-order valence-corrected chi connectivity index (χ1v) is 16.8. The predicted molar refractivity (Wildman–Crippen MR) is 168 cm³/mol.